The van der Waals surface area contributed by atoms with E-state index in [1.54, 1.807) is 9.80 Å². The number of carbonyl (C=O) groups is 3. The Labute approximate surface area is 98.1 Å². The minimum absolute atomic E-state index is 0.0126. The summed E-state index contributed by atoms with van der Waals surface area (Å²) in [5.41, 5.74) is 0. The molecular weight excluding hydrogens is 228 g/mol. The first-order valence-electron chi connectivity index (χ1n) is 5.38. The van der Waals surface area contributed by atoms with Crippen molar-refractivity contribution < 1.29 is 14.4 Å². The lowest BCUT2D eigenvalue weighted by Crippen LogP contribution is -2.44. The standard InChI is InChI=1S/C10H14N2O3S/c13-8-1-3-11(4-2-8)9(14)7-12-5-6-16-10(12)15/h1-7H2. The van der Waals surface area contributed by atoms with Crippen LogP contribution in [-0.2, 0) is 9.59 Å². The number of nitrogens with zero attached hydrogens (tertiary/aromatic N) is 2. The van der Waals surface area contributed by atoms with Crippen molar-refractivity contribution in [1.29, 1.82) is 0 Å². The van der Waals surface area contributed by atoms with Crippen molar-refractivity contribution in [2.45, 2.75) is 12.8 Å². The van der Waals surface area contributed by atoms with Crippen molar-refractivity contribution >= 4 is 28.7 Å². The molecular formula is C10H14N2O3S. The number of amides is 2. The first kappa shape index (κ1) is 11.4. The molecule has 2 heterocycles. The summed E-state index contributed by atoms with van der Waals surface area (Å²) >= 11 is 1.26. The summed E-state index contributed by atoms with van der Waals surface area (Å²) in [4.78, 5) is 37.4. The molecule has 2 aliphatic heterocycles. The Hall–Kier alpha value is -1.04. The molecule has 0 aromatic rings. The molecule has 16 heavy (non-hydrogen) atoms. The number of ketones is 1. The van der Waals surface area contributed by atoms with Gasteiger partial charge in [0.25, 0.3) is 5.24 Å². The molecule has 0 aromatic heterocycles. The summed E-state index contributed by atoms with van der Waals surface area (Å²) in [6, 6.07) is 0. The molecule has 0 bridgehead atoms. The topological polar surface area (TPSA) is 57.7 Å². The third-order valence-corrected chi connectivity index (χ3v) is 3.74. The second-order valence-electron chi connectivity index (χ2n) is 3.96. The summed E-state index contributed by atoms with van der Waals surface area (Å²) < 4.78 is 0. The van der Waals surface area contributed by atoms with Gasteiger partial charge in [0.05, 0.1) is 0 Å². The van der Waals surface area contributed by atoms with E-state index in [9.17, 15) is 14.4 Å². The maximum Gasteiger partial charge on any atom is 0.282 e. The van der Waals surface area contributed by atoms with Crippen molar-refractivity contribution in [2.24, 2.45) is 0 Å². The Morgan fingerprint density at radius 2 is 1.88 bits per heavy atom. The fourth-order valence-corrected chi connectivity index (χ4v) is 2.66. The van der Waals surface area contributed by atoms with Gasteiger partial charge in [0.1, 0.15) is 12.3 Å². The summed E-state index contributed by atoms with van der Waals surface area (Å²) in [6.45, 7) is 1.84. The number of carbonyl (C=O) groups excluding carboxylic acids is 3. The Morgan fingerprint density at radius 3 is 2.44 bits per heavy atom. The fraction of sp³-hybridized carbons (Fsp3) is 0.700. The van der Waals surface area contributed by atoms with Crippen LogP contribution in [0.25, 0.3) is 0 Å². The van der Waals surface area contributed by atoms with Crippen molar-refractivity contribution in [3.8, 4) is 0 Å². The van der Waals surface area contributed by atoms with Gasteiger partial charge in [-0.2, -0.15) is 0 Å². The molecule has 2 amide bonds. The van der Waals surface area contributed by atoms with Crippen LogP contribution in [0.1, 0.15) is 12.8 Å². The molecule has 2 saturated heterocycles. The van der Waals surface area contributed by atoms with Gasteiger partial charge < -0.3 is 9.80 Å². The van der Waals surface area contributed by atoms with Crippen LogP contribution in [0.2, 0.25) is 0 Å². The Bertz CT molecular complexity index is 322. The lowest BCUT2D eigenvalue weighted by Gasteiger charge is -2.27. The molecule has 6 heteroatoms. The number of thioether (sulfide) groups is 1. The molecule has 2 rings (SSSR count). The van der Waals surface area contributed by atoms with Gasteiger partial charge in [-0.3, -0.25) is 14.4 Å². The third kappa shape index (κ3) is 2.55. The zero-order valence-corrected chi connectivity index (χ0v) is 9.79. The summed E-state index contributed by atoms with van der Waals surface area (Å²) in [7, 11) is 0. The maximum absolute atomic E-state index is 11.8. The van der Waals surface area contributed by atoms with E-state index in [1.165, 1.54) is 11.8 Å². The van der Waals surface area contributed by atoms with Crippen LogP contribution in [0.15, 0.2) is 0 Å². The van der Waals surface area contributed by atoms with Crippen LogP contribution in [0, 0.1) is 0 Å². The highest BCUT2D eigenvalue weighted by Crippen LogP contribution is 2.17. The van der Waals surface area contributed by atoms with Crippen LogP contribution in [0.4, 0.5) is 4.79 Å². The quantitative estimate of drug-likeness (QED) is 0.701. The lowest BCUT2D eigenvalue weighted by molar-refractivity contribution is -0.134. The van der Waals surface area contributed by atoms with Gasteiger partial charge in [-0.1, -0.05) is 11.8 Å². The predicted octanol–water partition coefficient (Wildman–Crippen LogP) is 0.347. The minimum atomic E-state index is -0.0386. The number of Topliss-reactive ketones (excluding diaryl/α,β-unsaturated/α-hetero) is 1. The van der Waals surface area contributed by atoms with E-state index < -0.39 is 0 Å². The van der Waals surface area contributed by atoms with Gasteiger partial charge >= 0.3 is 0 Å². The molecule has 0 spiro atoms. The van der Waals surface area contributed by atoms with E-state index in [0.717, 1.165) is 5.75 Å². The molecule has 2 fully saturated rings. The van der Waals surface area contributed by atoms with E-state index in [0.29, 0.717) is 32.5 Å². The molecule has 88 valence electrons. The maximum atomic E-state index is 11.8. The highest BCUT2D eigenvalue weighted by Gasteiger charge is 2.27. The number of likely N-dealkylation sites (tertiary alicyclic amines) is 1. The number of piperidine rings is 1. The largest absolute Gasteiger partial charge is 0.340 e. The second kappa shape index (κ2) is 4.86. The third-order valence-electron chi connectivity index (χ3n) is 2.84. The Balaban J connectivity index is 1.83. The Morgan fingerprint density at radius 1 is 1.19 bits per heavy atom. The van der Waals surface area contributed by atoms with E-state index in [-0.39, 0.29) is 23.5 Å². The van der Waals surface area contributed by atoms with Crippen LogP contribution in [0.5, 0.6) is 0 Å². The molecule has 0 aliphatic carbocycles. The summed E-state index contributed by atoms with van der Waals surface area (Å²) in [5, 5.41) is -0.0126. The monoisotopic (exact) mass is 242 g/mol. The Kier molecular flexibility index (Phi) is 3.48. The van der Waals surface area contributed by atoms with Crippen LogP contribution < -0.4 is 0 Å². The predicted molar refractivity (Wildman–Crippen MR) is 60.2 cm³/mol. The van der Waals surface area contributed by atoms with E-state index in [1.807, 2.05) is 0 Å². The molecule has 0 aromatic carbocycles. The average Bonchev–Trinajstić information content (AvgIpc) is 2.65. The smallest absolute Gasteiger partial charge is 0.282 e. The second-order valence-corrected chi connectivity index (χ2v) is 5.00. The summed E-state index contributed by atoms with van der Waals surface area (Å²) in [6.07, 6.45) is 0.906. The van der Waals surface area contributed by atoms with Gasteiger partial charge in [-0.05, 0) is 0 Å². The van der Waals surface area contributed by atoms with Gasteiger partial charge in [-0.15, -0.1) is 0 Å². The van der Waals surface area contributed by atoms with Crippen LogP contribution >= 0.6 is 11.8 Å². The van der Waals surface area contributed by atoms with Crippen LogP contribution in [-0.4, -0.2) is 58.7 Å². The minimum Gasteiger partial charge on any atom is -0.340 e. The number of hydrogen-bond acceptors (Lipinski definition) is 4. The van der Waals surface area contributed by atoms with E-state index in [2.05, 4.69) is 0 Å². The van der Waals surface area contributed by atoms with Crippen LogP contribution in [0.3, 0.4) is 0 Å². The molecule has 0 saturated carbocycles. The average molecular weight is 242 g/mol. The first-order valence-corrected chi connectivity index (χ1v) is 6.36. The molecule has 2 aliphatic rings. The molecule has 0 N–H and O–H groups in total. The zero-order valence-electron chi connectivity index (χ0n) is 8.98. The molecule has 0 radical (unpaired) electrons. The van der Waals surface area contributed by atoms with Gasteiger partial charge in [0.2, 0.25) is 5.91 Å². The van der Waals surface area contributed by atoms with Gasteiger partial charge in [0.15, 0.2) is 0 Å². The SMILES string of the molecule is O=C1CCN(C(=O)CN2CCSC2=O)CC1. The summed E-state index contributed by atoms with van der Waals surface area (Å²) in [5.74, 6) is 0.949. The highest BCUT2D eigenvalue weighted by atomic mass is 32.2. The van der Waals surface area contributed by atoms with E-state index in [4.69, 9.17) is 0 Å². The molecule has 5 nitrogen and oxygen atoms in total. The van der Waals surface area contributed by atoms with Crippen molar-refractivity contribution in [3.63, 3.8) is 0 Å². The normalized spacial score (nSPS) is 21.8. The van der Waals surface area contributed by atoms with Crippen molar-refractivity contribution in [1.82, 2.24) is 9.80 Å². The highest BCUT2D eigenvalue weighted by molar-refractivity contribution is 8.13. The zero-order chi connectivity index (χ0) is 11.5. The van der Waals surface area contributed by atoms with Gasteiger partial charge in [0, 0.05) is 38.2 Å². The van der Waals surface area contributed by atoms with Gasteiger partial charge in [-0.25, -0.2) is 0 Å². The first-order chi connectivity index (χ1) is 7.66. The van der Waals surface area contributed by atoms with Crippen molar-refractivity contribution in [3.05, 3.63) is 0 Å². The number of rotatable bonds is 2. The fourth-order valence-electron chi connectivity index (χ4n) is 1.84. The molecule has 0 unspecified atom stereocenters. The van der Waals surface area contributed by atoms with Crippen molar-refractivity contribution in [2.75, 3.05) is 31.9 Å². The van der Waals surface area contributed by atoms with E-state index >= 15 is 0 Å². The lowest BCUT2D eigenvalue weighted by atomic mass is 10.1. The molecule has 0 atom stereocenters. The number of hydrogen-bond donors (Lipinski definition) is 0.